The molecule has 0 aromatic heterocycles. The standard InChI is InChI=1S/C3H5F3N4/c1-10(9-8)2(7)3(4,5)6/h7-8H,1H3. The number of halogens is 3. The molecule has 7 heteroatoms. The lowest BCUT2D eigenvalue weighted by atomic mass is 10.6. The summed E-state index contributed by atoms with van der Waals surface area (Å²) in [5.74, 6) is -1.65. The normalized spacial score (nSPS) is 10.8. The van der Waals surface area contributed by atoms with Crippen molar-refractivity contribution in [2.24, 2.45) is 5.22 Å². The first-order valence-corrected chi connectivity index (χ1v) is 2.16. The van der Waals surface area contributed by atoms with Gasteiger partial charge in [-0.2, -0.15) is 18.7 Å². The third kappa shape index (κ3) is 2.00. The van der Waals surface area contributed by atoms with Crippen molar-refractivity contribution in [1.82, 2.24) is 5.01 Å². The lowest BCUT2D eigenvalue weighted by molar-refractivity contribution is -0.0691. The average Bonchev–Trinajstić information content (AvgIpc) is 1.83. The number of nitrogens with zero attached hydrogens (tertiary/aromatic N) is 2. The fraction of sp³-hybridized carbons (Fsp3) is 0.667. The summed E-state index contributed by atoms with van der Waals surface area (Å²) in [5.41, 5.74) is 6.13. The van der Waals surface area contributed by atoms with Gasteiger partial charge in [0.05, 0.1) is 0 Å². The highest BCUT2D eigenvalue weighted by Crippen LogP contribution is 2.17. The number of amidine groups is 1. The summed E-state index contributed by atoms with van der Waals surface area (Å²) in [6.45, 7) is 0. The smallest absolute Gasteiger partial charge is 0.279 e. The van der Waals surface area contributed by atoms with Crippen LogP contribution in [0.15, 0.2) is 5.22 Å². The van der Waals surface area contributed by atoms with Crippen LogP contribution in [0.2, 0.25) is 0 Å². The van der Waals surface area contributed by atoms with Crippen LogP contribution < -0.4 is 0 Å². The molecule has 0 aliphatic rings. The summed E-state index contributed by atoms with van der Waals surface area (Å²) in [6.07, 6.45) is -4.72. The van der Waals surface area contributed by atoms with E-state index in [4.69, 9.17) is 10.9 Å². The molecule has 0 fully saturated rings. The Morgan fingerprint density at radius 3 is 2.00 bits per heavy atom. The highest BCUT2D eigenvalue weighted by Gasteiger charge is 2.37. The van der Waals surface area contributed by atoms with Gasteiger partial charge in [-0.25, -0.2) is 5.01 Å². The Hall–Kier alpha value is -1.14. The van der Waals surface area contributed by atoms with Gasteiger partial charge in [-0.15, -0.1) is 0 Å². The van der Waals surface area contributed by atoms with Gasteiger partial charge in [0.25, 0.3) is 0 Å². The van der Waals surface area contributed by atoms with Crippen LogP contribution in [0.1, 0.15) is 0 Å². The molecular weight excluding hydrogens is 149 g/mol. The second kappa shape index (κ2) is 2.63. The first kappa shape index (κ1) is 8.86. The summed E-state index contributed by atoms with van der Waals surface area (Å²) in [7, 11) is 0.878. The molecule has 4 nitrogen and oxygen atoms in total. The topological polar surface area (TPSA) is 63.3 Å². The van der Waals surface area contributed by atoms with E-state index in [1.165, 1.54) is 0 Å². The van der Waals surface area contributed by atoms with Gasteiger partial charge in [0, 0.05) is 7.05 Å². The molecule has 0 aliphatic carbocycles. The molecule has 0 aliphatic heterocycles. The van der Waals surface area contributed by atoms with Gasteiger partial charge in [0.15, 0.2) is 0 Å². The zero-order chi connectivity index (χ0) is 8.36. The van der Waals surface area contributed by atoms with Crippen LogP contribution in [0.3, 0.4) is 0 Å². The Balaban J connectivity index is 4.22. The van der Waals surface area contributed by atoms with Crippen LogP contribution in [0.25, 0.3) is 0 Å². The van der Waals surface area contributed by atoms with Crippen molar-refractivity contribution in [1.29, 1.82) is 10.9 Å². The van der Waals surface area contributed by atoms with Crippen LogP contribution in [-0.4, -0.2) is 24.1 Å². The molecular formula is C3H5F3N4. The van der Waals surface area contributed by atoms with Crippen molar-refractivity contribution in [2.75, 3.05) is 7.05 Å². The third-order valence-electron chi connectivity index (χ3n) is 0.742. The van der Waals surface area contributed by atoms with E-state index in [2.05, 4.69) is 5.22 Å². The first-order valence-electron chi connectivity index (χ1n) is 2.16. The summed E-state index contributed by atoms with van der Waals surface area (Å²) in [5, 5.41) is 8.85. The maximum Gasteiger partial charge on any atom is 0.450 e. The monoisotopic (exact) mass is 154 g/mol. The Bertz CT molecular complexity index is 150. The van der Waals surface area contributed by atoms with Crippen LogP contribution >= 0.6 is 0 Å². The summed E-state index contributed by atoms with van der Waals surface area (Å²) >= 11 is 0. The van der Waals surface area contributed by atoms with Crippen LogP contribution in [-0.2, 0) is 0 Å². The van der Waals surface area contributed by atoms with Crippen molar-refractivity contribution >= 4 is 5.84 Å². The minimum atomic E-state index is -4.72. The molecule has 0 spiro atoms. The average molecular weight is 154 g/mol. The Morgan fingerprint density at radius 1 is 1.50 bits per heavy atom. The fourth-order valence-corrected chi connectivity index (χ4v) is 0.233. The molecule has 0 rings (SSSR count). The fourth-order valence-electron chi connectivity index (χ4n) is 0.233. The van der Waals surface area contributed by atoms with E-state index in [1.807, 2.05) is 0 Å². The summed E-state index contributed by atoms with van der Waals surface area (Å²) < 4.78 is 34.4. The van der Waals surface area contributed by atoms with Gasteiger partial charge >= 0.3 is 6.18 Å². The third-order valence-corrected chi connectivity index (χ3v) is 0.742. The van der Waals surface area contributed by atoms with Crippen LogP contribution in [0.5, 0.6) is 0 Å². The Labute approximate surface area is 54.6 Å². The van der Waals surface area contributed by atoms with E-state index in [9.17, 15) is 13.2 Å². The predicted molar refractivity (Wildman–Crippen MR) is 26.7 cm³/mol. The molecule has 0 bridgehead atoms. The first-order chi connectivity index (χ1) is 4.39. The van der Waals surface area contributed by atoms with Gasteiger partial charge < -0.3 is 0 Å². The molecule has 0 heterocycles. The van der Waals surface area contributed by atoms with Crippen LogP contribution in [0.4, 0.5) is 13.2 Å². The minimum Gasteiger partial charge on any atom is -0.279 e. The maximum atomic E-state index is 11.5. The predicted octanol–water partition coefficient (Wildman–Crippen LogP) is 1.40. The largest absolute Gasteiger partial charge is 0.450 e. The lowest BCUT2D eigenvalue weighted by Gasteiger charge is -2.13. The second-order valence-electron chi connectivity index (χ2n) is 1.47. The zero-order valence-electron chi connectivity index (χ0n) is 5.03. The summed E-state index contributed by atoms with van der Waals surface area (Å²) in [6, 6.07) is 0. The van der Waals surface area contributed by atoms with Crippen molar-refractivity contribution in [3.05, 3.63) is 0 Å². The van der Waals surface area contributed by atoms with Crippen LogP contribution in [0, 0.1) is 10.9 Å². The van der Waals surface area contributed by atoms with Crippen molar-refractivity contribution in [3.63, 3.8) is 0 Å². The number of alkyl halides is 3. The second-order valence-corrected chi connectivity index (χ2v) is 1.47. The molecule has 0 saturated carbocycles. The van der Waals surface area contributed by atoms with Crippen molar-refractivity contribution in [2.45, 2.75) is 6.18 Å². The Kier molecular flexibility index (Phi) is 2.33. The van der Waals surface area contributed by atoms with Gasteiger partial charge in [0.1, 0.15) is 0 Å². The molecule has 0 amide bonds. The quantitative estimate of drug-likeness (QED) is 0.255. The molecule has 0 unspecified atom stereocenters. The van der Waals surface area contributed by atoms with Gasteiger partial charge in [-0.3, -0.25) is 5.41 Å². The van der Waals surface area contributed by atoms with E-state index < -0.39 is 12.0 Å². The molecule has 0 saturated heterocycles. The summed E-state index contributed by atoms with van der Waals surface area (Å²) in [4.78, 5) is 0. The highest BCUT2D eigenvalue weighted by molar-refractivity contribution is 5.83. The number of hydrogen-bond donors (Lipinski definition) is 2. The zero-order valence-corrected chi connectivity index (χ0v) is 5.03. The maximum absolute atomic E-state index is 11.5. The molecule has 0 atom stereocenters. The van der Waals surface area contributed by atoms with E-state index >= 15 is 0 Å². The van der Waals surface area contributed by atoms with Gasteiger partial charge in [-0.05, 0) is 0 Å². The van der Waals surface area contributed by atoms with E-state index in [0.717, 1.165) is 7.05 Å². The number of rotatable bonds is 1. The van der Waals surface area contributed by atoms with Crippen molar-refractivity contribution < 1.29 is 13.2 Å². The molecule has 58 valence electrons. The number of hydrogen-bond acceptors (Lipinski definition) is 3. The molecule has 0 radical (unpaired) electrons. The molecule has 0 aromatic carbocycles. The van der Waals surface area contributed by atoms with E-state index in [1.54, 1.807) is 0 Å². The SMILES string of the molecule is CN(N=N)C(=N)C(F)(F)F. The van der Waals surface area contributed by atoms with E-state index in [-0.39, 0.29) is 5.01 Å². The van der Waals surface area contributed by atoms with Crippen molar-refractivity contribution in [3.8, 4) is 0 Å². The molecule has 0 aromatic rings. The Morgan fingerprint density at radius 2 is 1.90 bits per heavy atom. The van der Waals surface area contributed by atoms with E-state index in [0.29, 0.717) is 0 Å². The van der Waals surface area contributed by atoms with Gasteiger partial charge in [-0.1, -0.05) is 5.22 Å². The molecule has 2 N–H and O–H groups in total. The number of nitrogens with one attached hydrogen (secondary N) is 2. The minimum absolute atomic E-state index is 0.125. The lowest BCUT2D eigenvalue weighted by Crippen LogP contribution is -2.34. The molecule has 10 heavy (non-hydrogen) atoms. The van der Waals surface area contributed by atoms with Gasteiger partial charge in [0.2, 0.25) is 5.84 Å². The highest BCUT2D eigenvalue weighted by atomic mass is 19.4.